The number of benzene rings is 8. The monoisotopic (exact) mass is 612 g/mol. The number of fused-ring (bicyclic) bond motifs is 5. The van der Waals surface area contributed by atoms with Crippen LogP contribution in [-0.4, -0.2) is 4.57 Å². The van der Waals surface area contributed by atoms with Crippen molar-refractivity contribution in [1.82, 2.24) is 4.57 Å². The van der Waals surface area contributed by atoms with Crippen molar-refractivity contribution in [1.29, 1.82) is 0 Å². The van der Waals surface area contributed by atoms with Crippen LogP contribution in [0.15, 0.2) is 194 Å². The fraction of sp³-hybridized carbons (Fsp3) is 0. The van der Waals surface area contributed by atoms with Crippen LogP contribution in [0, 0.1) is 0 Å². The quantitative estimate of drug-likeness (QED) is 0.181. The van der Waals surface area contributed by atoms with Gasteiger partial charge in [0, 0.05) is 38.6 Å². The van der Waals surface area contributed by atoms with Crippen molar-refractivity contribution >= 4 is 49.6 Å². The van der Waals surface area contributed by atoms with E-state index in [2.05, 4.69) is 204 Å². The first-order chi connectivity index (χ1) is 23.8. The summed E-state index contributed by atoms with van der Waals surface area (Å²) in [5.74, 6) is 0. The van der Waals surface area contributed by atoms with Crippen LogP contribution in [0.2, 0.25) is 0 Å². The van der Waals surface area contributed by atoms with Gasteiger partial charge in [-0.05, 0) is 76.9 Å². The minimum Gasteiger partial charge on any atom is -0.310 e. The van der Waals surface area contributed by atoms with E-state index < -0.39 is 0 Å². The Morgan fingerprint density at radius 2 is 0.812 bits per heavy atom. The molecule has 0 aliphatic heterocycles. The highest BCUT2D eigenvalue weighted by molar-refractivity contribution is 6.20. The topological polar surface area (TPSA) is 8.17 Å². The van der Waals surface area contributed by atoms with Crippen LogP contribution in [0.25, 0.3) is 60.5 Å². The van der Waals surface area contributed by atoms with Crippen LogP contribution < -0.4 is 4.90 Å². The minimum absolute atomic E-state index is 1.12. The van der Waals surface area contributed by atoms with Crippen LogP contribution >= 0.6 is 0 Å². The van der Waals surface area contributed by atoms with Gasteiger partial charge in [-0.1, -0.05) is 140 Å². The van der Waals surface area contributed by atoms with E-state index in [0.717, 1.165) is 22.7 Å². The van der Waals surface area contributed by atoms with E-state index >= 15 is 0 Å². The van der Waals surface area contributed by atoms with E-state index in [1.165, 1.54) is 54.8 Å². The van der Waals surface area contributed by atoms with E-state index in [9.17, 15) is 0 Å². The molecule has 0 unspecified atom stereocenters. The first-order valence-electron chi connectivity index (χ1n) is 16.4. The summed E-state index contributed by atoms with van der Waals surface area (Å²) in [6, 6.07) is 69.9. The van der Waals surface area contributed by atoms with Crippen LogP contribution in [0.4, 0.5) is 17.1 Å². The summed E-state index contributed by atoms with van der Waals surface area (Å²) in [6.45, 7) is 0. The lowest BCUT2D eigenvalue weighted by Crippen LogP contribution is -2.10. The Balaban J connectivity index is 1.37. The van der Waals surface area contributed by atoms with Gasteiger partial charge < -0.3 is 9.47 Å². The average molecular weight is 613 g/mol. The van der Waals surface area contributed by atoms with Gasteiger partial charge in [0.25, 0.3) is 0 Å². The zero-order valence-electron chi connectivity index (χ0n) is 26.4. The molecule has 9 rings (SSSR count). The normalized spacial score (nSPS) is 11.3. The van der Waals surface area contributed by atoms with E-state index in [4.69, 9.17) is 0 Å². The van der Waals surface area contributed by atoms with Gasteiger partial charge in [-0.15, -0.1) is 0 Å². The fourth-order valence-corrected chi connectivity index (χ4v) is 7.18. The standard InChI is InChI=1S/C46H32N2/c1-5-16-33(17-6-1)35-30-36(34-18-7-2-8-19-34)32-39(31-35)48-45-26-14-13-24-40(45)43-29-28-41-42(46(43)48)25-15-27-44(41)47(37-20-9-3-10-21-37)38-22-11-4-12-23-38/h1-32H. The van der Waals surface area contributed by atoms with Crippen molar-refractivity contribution in [3.05, 3.63) is 194 Å². The molecule has 0 saturated heterocycles. The van der Waals surface area contributed by atoms with Gasteiger partial charge in [0.2, 0.25) is 0 Å². The van der Waals surface area contributed by atoms with Gasteiger partial charge in [0.15, 0.2) is 0 Å². The molecule has 0 fully saturated rings. The molecular weight excluding hydrogens is 581 g/mol. The predicted octanol–water partition coefficient (Wildman–Crippen LogP) is 12.7. The molecule has 1 heterocycles. The molecule has 8 aromatic carbocycles. The third kappa shape index (κ3) is 4.74. The fourth-order valence-electron chi connectivity index (χ4n) is 7.18. The molecule has 0 radical (unpaired) electrons. The first kappa shape index (κ1) is 27.9. The third-order valence-electron chi connectivity index (χ3n) is 9.33. The van der Waals surface area contributed by atoms with Gasteiger partial charge in [-0.2, -0.15) is 0 Å². The maximum absolute atomic E-state index is 2.48. The third-order valence-corrected chi connectivity index (χ3v) is 9.33. The molecule has 48 heavy (non-hydrogen) atoms. The summed E-state index contributed by atoms with van der Waals surface area (Å²) >= 11 is 0. The molecule has 0 amide bonds. The molecule has 1 aromatic heterocycles. The van der Waals surface area contributed by atoms with Crippen molar-refractivity contribution < 1.29 is 0 Å². The van der Waals surface area contributed by atoms with Gasteiger partial charge in [-0.25, -0.2) is 0 Å². The lowest BCUT2D eigenvalue weighted by atomic mass is 9.97. The smallest absolute Gasteiger partial charge is 0.0620 e. The SMILES string of the molecule is c1ccc(-c2cc(-c3ccccc3)cc(-n3c4ccccc4c4ccc5c(N(c6ccccc6)c6ccccc6)cccc5c43)c2)cc1. The minimum atomic E-state index is 1.12. The number of nitrogens with zero attached hydrogens (tertiary/aromatic N) is 2. The second kappa shape index (κ2) is 11.8. The van der Waals surface area contributed by atoms with Crippen LogP contribution in [-0.2, 0) is 0 Å². The second-order valence-electron chi connectivity index (χ2n) is 12.2. The Bertz CT molecular complexity index is 2440. The van der Waals surface area contributed by atoms with Crippen molar-refractivity contribution in [3.8, 4) is 27.9 Å². The summed E-state index contributed by atoms with van der Waals surface area (Å²) in [5, 5.41) is 4.90. The number of anilines is 3. The number of para-hydroxylation sites is 3. The number of hydrogen-bond donors (Lipinski definition) is 0. The number of hydrogen-bond acceptors (Lipinski definition) is 1. The van der Waals surface area contributed by atoms with Crippen molar-refractivity contribution in [2.75, 3.05) is 4.90 Å². The van der Waals surface area contributed by atoms with E-state index in [0.29, 0.717) is 0 Å². The lowest BCUT2D eigenvalue weighted by molar-refractivity contribution is 1.19. The highest BCUT2D eigenvalue weighted by Crippen LogP contribution is 2.43. The Morgan fingerprint density at radius 3 is 1.42 bits per heavy atom. The molecule has 0 spiro atoms. The molecule has 0 aliphatic rings. The van der Waals surface area contributed by atoms with Crippen LogP contribution in [0.3, 0.4) is 0 Å². The summed E-state index contributed by atoms with van der Waals surface area (Å²) in [5.41, 5.74) is 11.7. The van der Waals surface area contributed by atoms with E-state index in [-0.39, 0.29) is 0 Å². The van der Waals surface area contributed by atoms with Gasteiger partial charge in [-0.3, -0.25) is 0 Å². The molecule has 2 heteroatoms. The van der Waals surface area contributed by atoms with E-state index in [1.54, 1.807) is 0 Å². The van der Waals surface area contributed by atoms with Crippen molar-refractivity contribution in [2.24, 2.45) is 0 Å². The van der Waals surface area contributed by atoms with Gasteiger partial charge >= 0.3 is 0 Å². The molecule has 0 bridgehead atoms. The Kier molecular flexibility index (Phi) is 6.84. The van der Waals surface area contributed by atoms with Crippen molar-refractivity contribution in [3.63, 3.8) is 0 Å². The Morgan fingerprint density at radius 1 is 0.333 bits per heavy atom. The number of aromatic nitrogens is 1. The Labute approximate surface area is 280 Å². The summed E-state index contributed by atoms with van der Waals surface area (Å²) < 4.78 is 2.48. The molecule has 9 aromatic rings. The highest BCUT2D eigenvalue weighted by atomic mass is 15.1. The molecule has 226 valence electrons. The number of rotatable bonds is 6. The maximum Gasteiger partial charge on any atom is 0.0620 e. The molecule has 0 atom stereocenters. The predicted molar refractivity (Wildman–Crippen MR) is 204 cm³/mol. The lowest BCUT2D eigenvalue weighted by Gasteiger charge is -2.27. The molecule has 2 nitrogen and oxygen atoms in total. The van der Waals surface area contributed by atoms with Crippen LogP contribution in [0.1, 0.15) is 0 Å². The van der Waals surface area contributed by atoms with Crippen LogP contribution in [0.5, 0.6) is 0 Å². The molecule has 0 saturated carbocycles. The zero-order valence-corrected chi connectivity index (χ0v) is 26.4. The molecule has 0 aliphatic carbocycles. The molecule has 0 N–H and O–H groups in total. The van der Waals surface area contributed by atoms with Gasteiger partial charge in [0.1, 0.15) is 0 Å². The first-order valence-corrected chi connectivity index (χ1v) is 16.4. The maximum atomic E-state index is 2.48. The van der Waals surface area contributed by atoms with E-state index in [1.807, 2.05) is 0 Å². The summed E-state index contributed by atoms with van der Waals surface area (Å²) in [6.07, 6.45) is 0. The summed E-state index contributed by atoms with van der Waals surface area (Å²) in [7, 11) is 0. The largest absolute Gasteiger partial charge is 0.310 e. The molecular formula is C46H32N2. The highest BCUT2D eigenvalue weighted by Gasteiger charge is 2.20. The zero-order chi connectivity index (χ0) is 31.9. The van der Waals surface area contributed by atoms with Gasteiger partial charge in [0.05, 0.1) is 16.7 Å². The van der Waals surface area contributed by atoms with Crippen molar-refractivity contribution in [2.45, 2.75) is 0 Å². The summed E-state index contributed by atoms with van der Waals surface area (Å²) in [4.78, 5) is 2.37. The second-order valence-corrected chi connectivity index (χ2v) is 12.2. The average Bonchev–Trinajstić information content (AvgIpc) is 3.51. The Hall–Kier alpha value is -6.38.